The second-order valence-corrected chi connectivity index (χ2v) is 5.54. The van der Waals surface area contributed by atoms with Crippen molar-refractivity contribution in [1.29, 1.82) is 0 Å². The Bertz CT molecular complexity index is 725. The smallest absolute Gasteiger partial charge is 0.299 e. The van der Waals surface area contributed by atoms with Crippen molar-refractivity contribution in [3.63, 3.8) is 0 Å². The Morgan fingerprint density at radius 3 is 2.33 bits per heavy atom. The van der Waals surface area contributed by atoms with Gasteiger partial charge in [-0.15, -0.1) is 11.6 Å². The number of alkyl halides is 1. The van der Waals surface area contributed by atoms with E-state index in [9.17, 15) is 20.2 Å². The molecule has 0 amide bonds. The van der Waals surface area contributed by atoms with Gasteiger partial charge >= 0.3 is 0 Å². The molecule has 0 aliphatic heterocycles. The molecule has 0 aromatic heterocycles. The van der Waals surface area contributed by atoms with Crippen molar-refractivity contribution in [3.8, 4) is 0 Å². The number of anilines is 1. The van der Waals surface area contributed by atoms with Crippen molar-refractivity contribution in [3.05, 3.63) is 74.3 Å². The Hall–Kier alpha value is -2.67. The van der Waals surface area contributed by atoms with Crippen LogP contribution in [0.1, 0.15) is 12.0 Å². The van der Waals surface area contributed by atoms with Gasteiger partial charge in [0, 0.05) is 18.0 Å². The van der Waals surface area contributed by atoms with Gasteiger partial charge in [0.2, 0.25) is 0 Å². The molecule has 24 heavy (non-hydrogen) atoms. The van der Waals surface area contributed by atoms with Crippen LogP contribution in [-0.4, -0.2) is 21.8 Å². The van der Waals surface area contributed by atoms with E-state index in [1.165, 1.54) is 12.1 Å². The molecule has 0 aliphatic rings. The minimum absolute atomic E-state index is 0.188. The second kappa shape index (κ2) is 8.26. The van der Waals surface area contributed by atoms with E-state index in [1.54, 1.807) is 0 Å². The molecule has 126 valence electrons. The molecule has 1 unspecified atom stereocenters. The zero-order valence-electron chi connectivity index (χ0n) is 12.7. The molecule has 0 bridgehead atoms. The zero-order valence-corrected chi connectivity index (χ0v) is 13.5. The van der Waals surface area contributed by atoms with E-state index >= 15 is 0 Å². The van der Waals surface area contributed by atoms with Gasteiger partial charge in [-0.2, -0.15) is 0 Å². The molecule has 0 saturated carbocycles. The van der Waals surface area contributed by atoms with Gasteiger partial charge in [0.15, 0.2) is 0 Å². The van der Waals surface area contributed by atoms with Crippen LogP contribution in [0, 0.1) is 20.2 Å². The SMILES string of the molecule is O=[N+]([O-])c1ccc(NC(CCl)CCc2ccccc2)c([N+](=O)[O-])c1. The van der Waals surface area contributed by atoms with E-state index in [0.717, 1.165) is 18.1 Å². The van der Waals surface area contributed by atoms with E-state index in [4.69, 9.17) is 11.6 Å². The summed E-state index contributed by atoms with van der Waals surface area (Å²) in [7, 11) is 0. The number of nitrogens with zero attached hydrogens (tertiary/aromatic N) is 2. The monoisotopic (exact) mass is 349 g/mol. The second-order valence-electron chi connectivity index (χ2n) is 5.24. The number of aryl methyl sites for hydroxylation is 1. The van der Waals surface area contributed by atoms with Gasteiger partial charge in [0.1, 0.15) is 5.69 Å². The van der Waals surface area contributed by atoms with Gasteiger partial charge < -0.3 is 5.32 Å². The quantitative estimate of drug-likeness (QED) is 0.438. The predicted molar refractivity (Wildman–Crippen MR) is 92.6 cm³/mol. The Balaban J connectivity index is 2.12. The third kappa shape index (κ3) is 4.66. The molecule has 8 heteroatoms. The summed E-state index contributed by atoms with van der Waals surface area (Å²) in [6.45, 7) is 0. The van der Waals surface area contributed by atoms with E-state index in [0.29, 0.717) is 6.42 Å². The first kappa shape index (κ1) is 17.7. The van der Waals surface area contributed by atoms with Crippen LogP contribution >= 0.6 is 11.6 Å². The molecule has 0 spiro atoms. The van der Waals surface area contributed by atoms with E-state index in [1.807, 2.05) is 30.3 Å². The summed E-state index contributed by atoms with van der Waals surface area (Å²) in [5.41, 5.74) is 0.718. The fourth-order valence-electron chi connectivity index (χ4n) is 2.30. The largest absolute Gasteiger partial charge is 0.376 e. The lowest BCUT2D eigenvalue weighted by molar-refractivity contribution is -0.393. The normalized spacial score (nSPS) is 11.7. The summed E-state index contributed by atoms with van der Waals surface area (Å²) in [6.07, 6.45) is 1.45. The zero-order chi connectivity index (χ0) is 17.5. The van der Waals surface area contributed by atoms with Gasteiger partial charge in [0.25, 0.3) is 11.4 Å². The highest BCUT2D eigenvalue weighted by atomic mass is 35.5. The predicted octanol–water partition coefficient (Wildman–Crippen LogP) is 4.16. The summed E-state index contributed by atoms with van der Waals surface area (Å²) in [5.74, 6) is 0.265. The number of nitro groups is 2. The Morgan fingerprint density at radius 2 is 1.75 bits per heavy atom. The van der Waals surface area contributed by atoms with Crippen LogP contribution in [0.15, 0.2) is 48.5 Å². The topological polar surface area (TPSA) is 98.3 Å². The Kier molecular flexibility index (Phi) is 6.08. The molecule has 2 aromatic rings. The molecule has 2 aromatic carbocycles. The summed E-state index contributed by atoms with van der Waals surface area (Å²) in [5, 5.41) is 24.9. The number of benzene rings is 2. The first-order valence-electron chi connectivity index (χ1n) is 7.30. The number of halogens is 1. The number of non-ortho nitro benzene ring substituents is 1. The van der Waals surface area contributed by atoms with Crippen LogP contribution in [0.3, 0.4) is 0 Å². The summed E-state index contributed by atoms with van der Waals surface area (Å²) in [6, 6.07) is 13.2. The first-order chi connectivity index (χ1) is 11.5. The summed E-state index contributed by atoms with van der Waals surface area (Å²) >= 11 is 5.96. The molecule has 0 heterocycles. The van der Waals surface area contributed by atoms with E-state index < -0.39 is 9.85 Å². The number of hydrogen-bond donors (Lipinski definition) is 1. The lowest BCUT2D eigenvalue weighted by atomic mass is 10.1. The number of rotatable bonds is 8. The highest BCUT2D eigenvalue weighted by Crippen LogP contribution is 2.30. The van der Waals surface area contributed by atoms with Gasteiger partial charge in [0.05, 0.1) is 15.9 Å². The molecule has 7 nitrogen and oxygen atoms in total. The van der Waals surface area contributed by atoms with Crippen molar-refractivity contribution in [2.45, 2.75) is 18.9 Å². The third-order valence-corrected chi connectivity index (χ3v) is 3.93. The lowest BCUT2D eigenvalue weighted by Gasteiger charge is -2.17. The molecule has 0 fully saturated rings. The maximum Gasteiger partial charge on any atom is 0.299 e. The molecule has 0 radical (unpaired) electrons. The number of nitro benzene ring substituents is 2. The van der Waals surface area contributed by atoms with Crippen molar-refractivity contribution >= 4 is 28.7 Å². The number of hydrogen-bond acceptors (Lipinski definition) is 5. The van der Waals surface area contributed by atoms with Crippen molar-refractivity contribution < 1.29 is 9.85 Å². The summed E-state index contributed by atoms with van der Waals surface area (Å²) in [4.78, 5) is 20.6. The highest BCUT2D eigenvalue weighted by Gasteiger charge is 2.21. The molecule has 2 rings (SSSR count). The van der Waals surface area contributed by atoms with Crippen LogP contribution in [-0.2, 0) is 6.42 Å². The minimum atomic E-state index is -0.661. The Labute approximate surface area is 143 Å². The maximum absolute atomic E-state index is 11.2. The van der Waals surface area contributed by atoms with Gasteiger partial charge in [-0.05, 0) is 24.5 Å². The fourth-order valence-corrected chi connectivity index (χ4v) is 2.53. The molecular formula is C16H16ClN3O4. The maximum atomic E-state index is 11.2. The Morgan fingerprint density at radius 1 is 1.04 bits per heavy atom. The van der Waals surface area contributed by atoms with Gasteiger partial charge in [-0.1, -0.05) is 30.3 Å². The molecule has 1 N–H and O–H groups in total. The third-order valence-electron chi connectivity index (χ3n) is 3.56. The van der Waals surface area contributed by atoms with Crippen LogP contribution in [0.25, 0.3) is 0 Å². The summed E-state index contributed by atoms with van der Waals surface area (Å²) < 4.78 is 0. The fraction of sp³-hybridized carbons (Fsp3) is 0.250. The average Bonchev–Trinajstić information content (AvgIpc) is 2.59. The van der Waals surface area contributed by atoms with Gasteiger partial charge in [-0.3, -0.25) is 20.2 Å². The molecule has 1 atom stereocenters. The van der Waals surface area contributed by atoms with Gasteiger partial charge in [-0.25, -0.2) is 0 Å². The van der Waals surface area contributed by atoms with Crippen molar-refractivity contribution in [2.75, 3.05) is 11.2 Å². The average molecular weight is 350 g/mol. The van der Waals surface area contributed by atoms with E-state index in [2.05, 4.69) is 5.32 Å². The van der Waals surface area contributed by atoms with Crippen LogP contribution < -0.4 is 5.32 Å². The standard InChI is InChI=1S/C16H16ClN3O4/c17-11-13(7-6-12-4-2-1-3-5-12)18-15-9-8-14(19(21)22)10-16(15)20(23)24/h1-5,8-10,13,18H,6-7,11H2. The van der Waals surface area contributed by atoms with Crippen LogP contribution in [0.2, 0.25) is 0 Å². The van der Waals surface area contributed by atoms with E-state index in [-0.39, 0.29) is 29.0 Å². The molecule has 0 aliphatic carbocycles. The van der Waals surface area contributed by atoms with Crippen LogP contribution in [0.4, 0.5) is 17.1 Å². The first-order valence-corrected chi connectivity index (χ1v) is 7.84. The van der Waals surface area contributed by atoms with Crippen molar-refractivity contribution in [2.24, 2.45) is 0 Å². The molecular weight excluding hydrogens is 334 g/mol. The highest BCUT2D eigenvalue weighted by molar-refractivity contribution is 6.18. The van der Waals surface area contributed by atoms with Crippen molar-refractivity contribution in [1.82, 2.24) is 0 Å². The van der Waals surface area contributed by atoms with Crippen LogP contribution in [0.5, 0.6) is 0 Å². The lowest BCUT2D eigenvalue weighted by Crippen LogP contribution is -2.22. The minimum Gasteiger partial charge on any atom is -0.376 e. The molecule has 0 saturated heterocycles. The number of nitrogens with one attached hydrogen (secondary N) is 1.